The van der Waals surface area contributed by atoms with Gasteiger partial charge < -0.3 is 9.64 Å². The zero-order chi connectivity index (χ0) is 10.7. The zero-order valence-electron chi connectivity index (χ0n) is 9.28. The van der Waals surface area contributed by atoms with Crippen molar-refractivity contribution in [1.29, 1.82) is 0 Å². The van der Waals surface area contributed by atoms with Gasteiger partial charge in [0.2, 0.25) is 0 Å². The molecule has 1 aliphatic heterocycles. The smallest absolute Gasteiger partial charge is 0.134 e. The third kappa shape index (κ3) is 3.47. The van der Waals surface area contributed by atoms with Crippen LogP contribution >= 0.6 is 11.8 Å². The molecule has 0 aromatic heterocycles. The number of nitrogens with zero attached hydrogens (tertiary/aromatic N) is 1. The van der Waals surface area contributed by atoms with Crippen molar-refractivity contribution in [2.45, 2.75) is 30.6 Å². The summed E-state index contributed by atoms with van der Waals surface area (Å²) in [6.45, 7) is 2.93. The minimum absolute atomic E-state index is 0.365. The van der Waals surface area contributed by atoms with Crippen molar-refractivity contribution < 1.29 is 9.53 Å². The summed E-state index contributed by atoms with van der Waals surface area (Å²) >= 11 is 1.92. The number of hydrogen-bond donors (Lipinski definition) is 0. The van der Waals surface area contributed by atoms with Crippen LogP contribution in [0.1, 0.15) is 19.3 Å². The molecule has 86 valence electrons. The lowest BCUT2D eigenvalue weighted by molar-refractivity contribution is -0.117. The molecule has 2 unspecified atom stereocenters. The van der Waals surface area contributed by atoms with E-state index >= 15 is 0 Å². The van der Waals surface area contributed by atoms with Crippen LogP contribution in [0.15, 0.2) is 0 Å². The molecule has 4 heteroatoms. The molecule has 0 spiro atoms. The predicted molar refractivity (Wildman–Crippen MR) is 62.3 cm³/mol. The minimum atomic E-state index is 0.365. The molecule has 0 N–H and O–H groups in total. The van der Waals surface area contributed by atoms with E-state index in [4.69, 9.17) is 4.74 Å². The molecule has 0 bridgehead atoms. The Kier molecular flexibility index (Phi) is 4.05. The number of carbonyl (C=O) groups excluding carboxylic acids is 1. The lowest BCUT2D eigenvalue weighted by Gasteiger charge is -2.30. The van der Waals surface area contributed by atoms with Gasteiger partial charge in [0.25, 0.3) is 0 Å². The standard InChI is InChI=1S/C11H19NO2S/c1-12-4-5-14-10(7-12)8-15-11-3-2-9(13)6-11/h10-11H,2-8H2,1H3. The second-order valence-corrected chi connectivity index (χ2v) is 5.83. The Balaban J connectivity index is 1.66. The second-order valence-electron chi connectivity index (χ2n) is 4.49. The average Bonchev–Trinajstić information content (AvgIpc) is 2.62. The van der Waals surface area contributed by atoms with Crippen LogP contribution in [0.2, 0.25) is 0 Å². The lowest BCUT2D eigenvalue weighted by atomic mass is 10.3. The van der Waals surface area contributed by atoms with Gasteiger partial charge in [-0.25, -0.2) is 0 Å². The van der Waals surface area contributed by atoms with Crippen molar-refractivity contribution in [2.75, 3.05) is 32.5 Å². The number of carbonyl (C=O) groups is 1. The number of hydrogen-bond acceptors (Lipinski definition) is 4. The number of likely N-dealkylation sites (N-methyl/N-ethyl adjacent to an activating group) is 1. The van der Waals surface area contributed by atoms with E-state index in [-0.39, 0.29) is 0 Å². The highest BCUT2D eigenvalue weighted by Crippen LogP contribution is 2.28. The Bertz CT molecular complexity index is 235. The topological polar surface area (TPSA) is 29.5 Å². The van der Waals surface area contributed by atoms with Crippen LogP contribution in [0.25, 0.3) is 0 Å². The van der Waals surface area contributed by atoms with E-state index in [2.05, 4.69) is 11.9 Å². The largest absolute Gasteiger partial charge is 0.375 e. The summed E-state index contributed by atoms with van der Waals surface area (Å²) < 4.78 is 5.69. The van der Waals surface area contributed by atoms with Crippen LogP contribution in [-0.4, -0.2) is 54.5 Å². The molecular weight excluding hydrogens is 210 g/mol. The van der Waals surface area contributed by atoms with E-state index in [1.807, 2.05) is 11.8 Å². The number of morpholine rings is 1. The van der Waals surface area contributed by atoms with E-state index in [0.29, 0.717) is 17.1 Å². The number of ether oxygens (including phenoxy) is 1. The first-order chi connectivity index (χ1) is 7.24. The Morgan fingerprint density at radius 3 is 3.13 bits per heavy atom. The van der Waals surface area contributed by atoms with Crippen LogP contribution in [0.5, 0.6) is 0 Å². The SMILES string of the molecule is CN1CCOC(CSC2CCC(=O)C2)C1. The van der Waals surface area contributed by atoms with Gasteiger partial charge in [-0.2, -0.15) is 11.8 Å². The lowest BCUT2D eigenvalue weighted by Crippen LogP contribution is -2.41. The molecule has 0 aromatic rings. The van der Waals surface area contributed by atoms with Crippen molar-refractivity contribution in [3.05, 3.63) is 0 Å². The number of Topliss-reactive ketones (excluding diaryl/α,β-unsaturated/α-hetero) is 1. The summed E-state index contributed by atoms with van der Waals surface area (Å²) in [6, 6.07) is 0. The van der Waals surface area contributed by atoms with Crippen LogP contribution in [0, 0.1) is 0 Å². The van der Waals surface area contributed by atoms with E-state index in [9.17, 15) is 4.79 Å². The molecule has 1 saturated heterocycles. The summed E-state index contributed by atoms with van der Waals surface area (Å²) in [6.07, 6.45) is 3.02. The van der Waals surface area contributed by atoms with Crippen molar-refractivity contribution in [3.8, 4) is 0 Å². The van der Waals surface area contributed by atoms with Crippen molar-refractivity contribution in [3.63, 3.8) is 0 Å². The Morgan fingerprint density at radius 1 is 1.60 bits per heavy atom. The van der Waals surface area contributed by atoms with Gasteiger partial charge >= 0.3 is 0 Å². The van der Waals surface area contributed by atoms with Crippen LogP contribution in [0.4, 0.5) is 0 Å². The zero-order valence-corrected chi connectivity index (χ0v) is 10.1. The van der Waals surface area contributed by atoms with Gasteiger partial charge in [-0.3, -0.25) is 4.79 Å². The van der Waals surface area contributed by atoms with Gasteiger partial charge in [0, 0.05) is 36.9 Å². The van der Waals surface area contributed by atoms with Gasteiger partial charge in [0.05, 0.1) is 12.7 Å². The molecular formula is C11H19NO2S. The Morgan fingerprint density at radius 2 is 2.47 bits per heavy atom. The van der Waals surface area contributed by atoms with Crippen molar-refractivity contribution in [1.82, 2.24) is 4.90 Å². The molecule has 1 heterocycles. The molecule has 0 amide bonds. The fourth-order valence-corrected chi connectivity index (χ4v) is 3.41. The molecule has 0 radical (unpaired) electrons. The van der Waals surface area contributed by atoms with Crippen LogP contribution in [-0.2, 0) is 9.53 Å². The monoisotopic (exact) mass is 229 g/mol. The molecule has 2 atom stereocenters. The number of thioether (sulfide) groups is 1. The summed E-state index contributed by atoms with van der Waals surface area (Å²) in [5, 5.41) is 0.563. The average molecular weight is 229 g/mol. The highest BCUT2D eigenvalue weighted by Gasteiger charge is 2.25. The van der Waals surface area contributed by atoms with Crippen molar-refractivity contribution >= 4 is 17.5 Å². The van der Waals surface area contributed by atoms with E-state index in [0.717, 1.165) is 44.7 Å². The first kappa shape index (κ1) is 11.4. The first-order valence-electron chi connectivity index (χ1n) is 5.67. The molecule has 0 aromatic carbocycles. The molecule has 1 saturated carbocycles. The summed E-state index contributed by atoms with van der Waals surface area (Å²) in [5.74, 6) is 1.48. The molecule has 2 aliphatic rings. The van der Waals surface area contributed by atoms with Gasteiger partial charge in [0.1, 0.15) is 5.78 Å². The second kappa shape index (κ2) is 5.32. The summed E-state index contributed by atoms with van der Waals surface area (Å²) in [7, 11) is 2.14. The van der Waals surface area contributed by atoms with Gasteiger partial charge in [-0.05, 0) is 13.5 Å². The quantitative estimate of drug-likeness (QED) is 0.726. The fraction of sp³-hybridized carbons (Fsp3) is 0.909. The van der Waals surface area contributed by atoms with Crippen molar-refractivity contribution in [2.24, 2.45) is 0 Å². The third-order valence-corrected chi connectivity index (χ3v) is 4.50. The molecule has 2 rings (SSSR count). The summed E-state index contributed by atoms with van der Waals surface area (Å²) in [5.41, 5.74) is 0. The van der Waals surface area contributed by atoms with E-state index < -0.39 is 0 Å². The van der Waals surface area contributed by atoms with Gasteiger partial charge in [-0.1, -0.05) is 0 Å². The normalized spacial score (nSPS) is 33.5. The number of ketones is 1. The maximum absolute atomic E-state index is 11.1. The number of rotatable bonds is 3. The van der Waals surface area contributed by atoms with Crippen LogP contribution < -0.4 is 0 Å². The summed E-state index contributed by atoms with van der Waals surface area (Å²) in [4.78, 5) is 13.4. The Hall–Kier alpha value is -0.0600. The van der Waals surface area contributed by atoms with Crippen LogP contribution in [0.3, 0.4) is 0 Å². The molecule has 3 nitrogen and oxygen atoms in total. The van der Waals surface area contributed by atoms with E-state index in [1.165, 1.54) is 0 Å². The highest BCUT2D eigenvalue weighted by atomic mass is 32.2. The third-order valence-electron chi connectivity index (χ3n) is 3.06. The van der Waals surface area contributed by atoms with Gasteiger partial charge in [0.15, 0.2) is 0 Å². The van der Waals surface area contributed by atoms with E-state index in [1.54, 1.807) is 0 Å². The molecule has 1 aliphatic carbocycles. The maximum Gasteiger partial charge on any atom is 0.134 e. The minimum Gasteiger partial charge on any atom is -0.375 e. The van der Waals surface area contributed by atoms with Gasteiger partial charge in [-0.15, -0.1) is 0 Å². The first-order valence-corrected chi connectivity index (χ1v) is 6.72. The molecule has 2 fully saturated rings. The Labute approximate surface area is 95.5 Å². The predicted octanol–water partition coefficient (Wildman–Crippen LogP) is 1.17. The fourth-order valence-electron chi connectivity index (χ4n) is 2.13. The highest BCUT2D eigenvalue weighted by molar-refractivity contribution is 8.00. The maximum atomic E-state index is 11.1. The molecule has 15 heavy (non-hydrogen) atoms.